The SMILES string of the molecule is COCC(C)(C)N1C(=O)C=CC1=O. The first-order chi connectivity index (χ1) is 5.99. The summed E-state index contributed by atoms with van der Waals surface area (Å²) in [6.07, 6.45) is 2.56. The lowest BCUT2D eigenvalue weighted by molar-refractivity contribution is -0.144. The van der Waals surface area contributed by atoms with Crippen molar-refractivity contribution in [2.45, 2.75) is 19.4 Å². The van der Waals surface area contributed by atoms with Gasteiger partial charge in [-0.05, 0) is 13.8 Å². The van der Waals surface area contributed by atoms with Crippen molar-refractivity contribution < 1.29 is 14.3 Å². The third-order valence-corrected chi connectivity index (χ3v) is 1.91. The highest BCUT2D eigenvalue weighted by Crippen LogP contribution is 2.19. The molecule has 0 saturated carbocycles. The number of amides is 2. The molecular formula is C9H13NO3. The minimum Gasteiger partial charge on any atom is -0.382 e. The second-order valence-electron chi connectivity index (χ2n) is 3.59. The Morgan fingerprint density at radius 2 is 1.77 bits per heavy atom. The molecule has 1 rings (SSSR count). The Kier molecular flexibility index (Phi) is 2.52. The molecule has 13 heavy (non-hydrogen) atoms. The van der Waals surface area contributed by atoms with Crippen LogP contribution in [0.4, 0.5) is 0 Å². The Morgan fingerprint density at radius 3 is 2.15 bits per heavy atom. The van der Waals surface area contributed by atoms with Crippen LogP contribution in [0.5, 0.6) is 0 Å². The highest BCUT2D eigenvalue weighted by Gasteiger charge is 2.36. The first kappa shape index (κ1) is 9.92. The van der Waals surface area contributed by atoms with Crippen LogP contribution in [0.1, 0.15) is 13.8 Å². The van der Waals surface area contributed by atoms with E-state index in [9.17, 15) is 9.59 Å². The van der Waals surface area contributed by atoms with Crippen molar-refractivity contribution in [1.82, 2.24) is 4.90 Å². The van der Waals surface area contributed by atoms with Crippen molar-refractivity contribution in [3.8, 4) is 0 Å². The molecule has 0 radical (unpaired) electrons. The summed E-state index contributed by atoms with van der Waals surface area (Å²) in [5.74, 6) is -0.542. The molecule has 4 nitrogen and oxygen atoms in total. The number of hydrogen-bond acceptors (Lipinski definition) is 3. The summed E-state index contributed by atoms with van der Waals surface area (Å²) in [7, 11) is 1.54. The van der Waals surface area contributed by atoms with Gasteiger partial charge in [-0.25, -0.2) is 0 Å². The Labute approximate surface area is 77.2 Å². The molecule has 0 aromatic rings. The van der Waals surface area contributed by atoms with Crippen molar-refractivity contribution in [3.63, 3.8) is 0 Å². The highest BCUT2D eigenvalue weighted by molar-refractivity contribution is 6.13. The van der Waals surface area contributed by atoms with Gasteiger partial charge in [0.05, 0.1) is 12.1 Å². The third-order valence-electron chi connectivity index (χ3n) is 1.91. The van der Waals surface area contributed by atoms with Gasteiger partial charge in [0.15, 0.2) is 0 Å². The van der Waals surface area contributed by atoms with E-state index < -0.39 is 5.54 Å². The molecule has 1 aliphatic heterocycles. The first-order valence-electron chi connectivity index (χ1n) is 4.04. The molecule has 0 spiro atoms. The lowest BCUT2D eigenvalue weighted by Gasteiger charge is -2.32. The molecule has 4 heteroatoms. The van der Waals surface area contributed by atoms with Gasteiger partial charge in [-0.1, -0.05) is 0 Å². The average Bonchev–Trinajstić information content (AvgIpc) is 2.31. The van der Waals surface area contributed by atoms with E-state index in [0.717, 1.165) is 0 Å². The fourth-order valence-corrected chi connectivity index (χ4v) is 1.41. The molecule has 72 valence electrons. The first-order valence-corrected chi connectivity index (χ1v) is 4.04. The molecule has 0 aromatic carbocycles. The molecule has 0 fully saturated rings. The summed E-state index contributed by atoms with van der Waals surface area (Å²) in [4.78, 5) is 23.7. The van der Waals surface area contributed by atoms with Gasteiger partial charge in [0, 0.05) is 19.3 Å². The molecule has 0 aromatic heterocycles. The largest absolute Gasteiger partial charge is 0.382 e. The van der Waals surface area contributed by atoms with Crippen LogP contribution < -0.4 is 0 Å². The lowest BCUT2D eigenvalue weighted by Crippen LogP contribution is -2.50. The van der Waals surface area contributed by atoms with Crippen LogP contribution >= 0.6 is 0 Å². The second kappa shape index (κ2) is 3.30. The fraction of sp³-hybridized carbons (Fsp3) is 0.556. The molecule has 1 aliphatic rings. The summed E-state index contributed by atoms with van der Waals surface area (Å²) in [6, 6.07) is 0. The summed E-state index contributed by atoms with van der Waals surface area (Å²) in [6.45, 7) is 3.92. The van der Waals surface area contributed by atoms with E-state index in [1.165, 1.54) is 17.1 Å². The Balaban J connectivity index is 2.82. The third kappa shape index (κ3) is 1.78. The molecule has 2 amide bonds. The molecule has 1 heterocycles. The zero-order chi connectivity index (χ0) is 10.1. The Hall–Kier alpha value is -1.16. The van der Waals surface area contributed by atoms with E-state index in [1.54, 1.807) is 21.0 Å². The highest BCUT2D eigenvalue weighted by atomic mass is 16.5. The molecule has 0 atom stereocenters. The molecule has 0 unspecified atom stereocenters. The number of rotatable bonds is 3. The van der Waals surface area contributed by atoms with E-state index in [4.69, 9.17) is 4.74 Å². The Bertz CT molecular complexity index is 250. The molecular weight excluding hydrogens is 170 g/mol. The van der Waals surface area contributed by atoms with E-state index in [0.29, 0.717) is 6.61 Å². The van der Waals surface area contributed by atoms with Gasteiger partial charge in [-0.15, -0.1) is 0 Å². The van der Waals surface area contributed by atoms with Crippen LogP contribution in [-0.4, -0.2) is 36.0 Å². The number of carbonyl (C=O) groups is 2. The molecule has 0 N–H and O–H groups in total. The summed E-state index contributed by atoms with van der Waals surface area (Å²) in [5, 5.41) is 0. The maximum absolute atomic E-state index is 11.3. The number of methoxy groups -OCH3 is 1. The van der Waals surface area contributed by atoms with Gasteiger partial charge in [0.2, 0.25) is 0 Å². The topological polar surface area (TPSA) is 46.6 Å². The van der Waals surface area contributed by atoms with Gasteiger partial charge in [-0.2, -0.15) is 0 Å². The van der Waals surface area contributed by atoms with Crippen molar-refractivity contribution in [2.24, 2.45) is 0 Å². The fourth-order valence-electron chi connectivity index (χ4n) is 1.41. The second-order valence-corrected chi connectivity index (χ2v) is 3.59. The normalized spacial score (nSPS) is 17.3. The Morgan fingerprint density at radius 1 is 1.31 bits per heavy atom. The standard InChI is InChI=1S/C9H13NO3/c1-9(2,6-13-3)10-7(11)4-5-8(10)12/h4-5H,6H2,1-3H3. The van der Waals surface area contributed by atoms with Gasteiger partial charge >= 0.3 is 0 Å². The smallest absolute Gasteiger partial charge is 0.254 e. The van der Waals surface area contributed by atoms with E-state index in [1.807, 2.05) is 0 Å². The maximum atomic E-state index is 11.3. The predicted octanol–water partition coefficient (Wildman–Crippen LogP) is 0.336. The molecule has 0 aliphatic carbocycles. The zero-order valence-corrected chi connectivity index (χ0v) is 8.03. The number of carbonyl (C=O) groups excluding carboxylic acids is 2. The lowest BCUT2D eigenvalue weighted by atomic mass is 10.1. The molecule has 0 saturated heterocycles. The number of hydrogen-bond donors (Lipinski definition) is 0. The van der Waals surface area contributed by atoms with Gasteiger partial charge in [0.25, 0.3) is 11.8 Å². The summed E-state index contributed by atoms with van der Waals surface area (Å²) >= 11 is 0. The van der Waals surface area contributed by atoms with Crippen molar-refractivity contribution >= 4 is 11.8 Å². The average molecular weight is 183 g/mol. The van der Waals surface area contributed by atoms with Crippen molar-refractivity contribution in [1.29, 1.82) is 0 Å². The minimum atomic E-state index is -0.577. The van der Waals surface area contributed by atoms with Crippen molar-refractivity contribution in [2.75, 3.05) is 13.7 Å². The quantitative estimate of drug-likeness (QED) is 0.592. The van der Waals surface area contributed by atoms with Crippen LogP contribution in [0, 0.1) is 0 Å². The van der Waals surface area contributed by atoms with Crippen molar-refractivity contribution in [3.05, 3.63) is 12.2 Å². The summed E-state index contributed by atoms with van der Waals surface area (Å²) in [5.41, 5.74) is -0.577. The number of nitrogens with zero attached hydrogens (tertiary/aromatic N) is 1. The zero-order valence-electron chi connectivity index (χ0n) is 8.03. The van der Waals surface area contributed by atoms with Crippen LogP contribution in [0.3, 0.4) is 0 Å². The maximum Gasteiger partial charge on any atom is 0.254 e. The van der Waals surface area contributed by atoms with E-state index >= 15 is 0 Å². The summed E-state index contributed by atoms with van der Waals surface area (Å²) < 4.78 is 4.94. The minimum absolute atomic E-state index is 0.271. The van der Waals surface area contributed by atoms with E-state index in [2.05, 4.69) is 0 Å². The van der Waals surface area contributed by atoms with Gasteiger partial charge in [-0.3, -0.25) is 14.5 Å². The van der Waals surface area contributed by atoms with Crippen LogP contribution in [-0.2, 0) is 14.3 Å². The van der Waals surface area contributed by atoms with Crippen LogP contribution in [0.2, 0.25) is 0 Å². The van der Waals surface area contributed by atoms with Gasteiger partial charge in [0.1, 0.15) is 0 Å². The van der Waals surface area contributed by atoms with Crippen LogP contribution in [0.15, 0.2) is 12.2 Å². The van der Waals surface area contributed by atoms with E-state index in [-0.39, 0.29) is 11.8 Å². The molecule has 0 bridgehead atoms. The van der Waals surface area contributed by atoms with Crippen LogP contribution in [0.25, 0.3) is 0 Å². The predicted molar refractivity (Wildman–Crippen MR) is 46.9 cm³/mol. The van der Waals surface area contributed by atoms with Gasteiger partial charge < -0.3 is 4.74 Å². The monoisotopic (exact) mass is 183 g/mol. The number of ether oxygens (including phenoxy) is 1. The number of imide groups is 1.